The van der Waals surface area contributed by atoms with Gasteiger partial charge in [-0.2, -0.15) is 0 Å². The second-order valence-corrected chi connectivity index (χ2v) is 3.26. The monoisotopic (exact) mass is 171 g/mol. The van der Waals surface area contributed by atoms with E-state index in [0.29, 0.717) is 0 Å². The number of aromatic nitrogens is 1. The van der Waals surface area contributed by atoms with Crippen LogP contribution < -0.4 is 0 Å². The Kier molecular flexibility index (Phi) is 2.26. The molecule has 0 saturated heterocycles. The van der Waals surface area contributed by atoms with E-state index in [-0.39, 0.29) is 0 Å². The van der Waals surface area contributed by atoms with Crippen LogP contribution in [0, 0.1) is 0 Å². The predicted octanol–water partition coefficient (Wildman–Crippen LogP) is 3.21. The maximum atomic E-state index is 4.33. The van der Waals surface area contributed by atoms with Crippen LogP contribution in [-0.4, -0.2) is 4.98 Å². The van der Waals surface area contributed by atoms with E-state index in [2.05, 4.69) is 30.1 Å². The van der Waals surface area contributed by atoms with Gasteiger partial charge in [0, 0.05) is 6.20 Å². The summed E-state index contributed by atoms with van der Waals surface area (Å²) in [4.78, 5) is 4.33. The fourth-order valence-electron chi connectivity index (χ4n) is 1.55. The highest BCUT2D eigenvalue weighted by Gasteiger charge is 2.08. The zero-order valence-corrected chi connectivity index (χ0v) is 7.83. The van der Waals surface area contributed by atoms with Crippen LogP contribution in [0.2, 0.25) is 0 Å². The third-order valence-electron chi connectivity index (χ3n) is 2.39. The van der Waals surface area contributed by atoms with E-state index in [1.54, 1.807) is 0 Å². The zero-order valence-electron chi connectivity index (χ0n) is 7.83. The quantitative estimate of drug-likeness (QED) is 0.665. The third-order valence-corrected chi connectivity index (χ3v) is 2.39. The molecule has 0 amide bonds. The minimum atomic E-state index is 1.08. The summed E-state index contributed by atoms with van der Waals surface area (Å²) in [6.45, 7) is 2.20. The zero-order chi connectivity index (χ0) is 9.10. The standard InChI is InChI=1S/C12H13N/c1-2-10-6-7-11(9-10)12-5-3-4-8-13-12/h3-8H,2,9H2,1H3. The van der Waals surface area contributed by atoms with Crippen molar-refractivity contribution in [1.29, 1.82) is 0 Å². The van der Waals surface area contributed by atoms with Gasteiger partial charge in [0.1, 0.15) is 0 Å². The van der Waals surface area contributed by atoms with Crippen LogP contribution >= 0.6 is 0 Å². The van der Waals surface area contributed by atoms with Crippen LogP contribution in [0.4, 0.5) is 0 Å². The maximum Gasteiger partial charge on any atom is 0.0664 e. The van der Waals surface area contributed by atoms with Crippen molar-refractivity contribution in [1.82, 2.24) is 4.98 Å². The van der Waals surface area contributed by atoms with Crippen LogP contribution in [0.1, 0.15) is 25.5 Å². The van der Waals surface area contributed by atoms with Crippen molar-refractivity contribution in [3.05, 3.63) is 47.8 Å². The Bertz CT molecular complexity index is 347. The molecule has 66 valence electrons. The number of rotatable bonds is 2. The first-order valence-corrected chi connectivity index (χ1v) is 4.70. The van der Waals surface area contributed by atoms with E-state index in [1.165, 1.54) is 11.1 Å². The molecule has 13 heavy (non-hydrogen) atoms. The minimum Gasteiger partial charge on any atom is -0.257 e. The lowest BCUT2D eigenvalue weighted by atomic mass is 10.1. The van der Waals surface area contributed by atoms with Gasteiger partial charge in [-0.05, 0) is 30.5 Å². The molecule has 1 aliphatic rings. The summed E-state index contributed by atoms with van der Waals surface area (Å²) in [5.74, 6) is 0. The van der Waals surface area contributed by atoms with Crippen LogP contribution in [0.25, 0.3) is 5.57 Å². The van der Waals surface area contributed by atoms with Crippen LogP contribution in [-0.2, 0) is 0 Å². The fraction of sp³-hybridized carbons (Fsp3) is 0.250. The highest BCUT2D eigenvalue weighted by Crippen LogP contribution is 2.27. The Hall–Kier alpha value is -1.37. The first-order valence-electron chi connectivity index (χ1n) is 4.70. The van der Waals surface area contributed by atoms with E-state index in [1.807, 2.05) is 18.3 Å². The van der Waals surface area contributed by atoms with Gasteiger partial charge in [0.15, 0.2) is 0 Å². The number of nitrogens with zero attached hydrogens (tertiary/aromatic N) is 1. The van der Waals surface area contributed by atoms with Crippen molar-refractivity contribution in [3.8, 4) is 0 Å². The van der Waals surface area contributed by atoms with E-state index in [9.17, 15) is 0 Å². The predicted molar refractivity (Wildman–Crippen MR) is 55.2 cm³/mol. The highest BCUT2D eigenvalue weighted by atomic mass is 14.7. The van der Waals surface area contributed by atoms with Gasteiger partial charge >= 0.3 is 0 Å². The van der Waals surface area contributed by atoms with Gasteiger partial charge in [0.05, 0.1) is 5.69 Å². The van der Waals surface area contributed by atoms with Crippen LogP contribution in [0.3, 0.4) is 0 Å². The molecule has 1 heteroatoms. The molecule has 1 aromatic rings. The average molecular weight is 171 g/mol. The second kappa shape index (κ2) is 3.56. The fourth-order valence-corrected chi connectivity index (χ4v) is 1.55. The van der Waals surface area contributed by atoms with Gasteiger partial charge in [-0.1, -0.05) is 30.7 Å². The summed E-state index contributed by atoms with van der Waals surface area (Å²) in [7, 11) is 0. The average Bonchev–Trinajstić information content (AvgIpc) is 2.67. The van der Waals surface area contributed by atoms with E-state index in [0.717, 1.165) is 18.5 Å². The smallest absolute Gasteiger partial charge is 0.0664 e. The Labute approximate surface area is 78.8 Å². The molecule has 1 aromatic heterocycles. The molecule has 1 nitrogen and oxygen atoms in total. The molecule has 0 aromatic carbocycles. The van der Waals surface area contributed by atoms with E-state index >= 15 is 0 Å². The van der Waals surface area contributed by atoms with Crippen molar-refractivity contribution in [2.75, 3.05) is 0 Å². The maximum absolute atomic E-state index is 4.33. The molecule has 0 spiro atoms. The topological polar surface area (TPSA) is 12.9 Å². The van der Waals surface area contributed by atoms with Gasteiger partial charge in [-0.15, -0.1) is 0 Å². The summed E-state index contributed by atoms with van der Waals surface area (Å²) in [5.41, 5.74) is 3.96. The lowest BCUT2D eigenvalue weighted by Gasteiger charge is -2.01. The van der Waals surface area contributed by atoms with Crippen molar-refractivity contribution in [2.45, 2.75) is 19.8 Å². The lowest BCUT2D eigenvalue weighted by molar-refractivity contribution is 1.05. The van der Waals surface area contributed by atoms with Crippen LogP contribution in [0.5, 0.6) is 0 Å². The molecule has 1 heterocycles. The summed E-state index contributed by atoms with van der Waals surface area (Å²) < 4.78 is 0. The number of hydrogen-bond acceptors (Lipinski definition) is 1. The summed E-state index contributed by atoms with van der Waals surface area (Å²) >= 11 is 0. The molecule has 0 saturated carbocycles. The molecule has 2 rings (SSSR count). The first-order chi connectivity index (χ1) is 6.40. The van der Waals surface area contributed by atoms with Crippen molar-refractivity contribution >= 4 is 5.57 Å². The summed E-state index contributed by atoms with van der Waals surface area (Å²) in [5, 5.41) is 0. The molecule has 0 atom stereocenters. The van der Waals surface area contributed by atoms with Gasteiger partial charge < -0.3 is 0 Å². The number of pyridine rings is 1. The summed E-state index contributed by atoms with van der Waals surface area (Å²) in [6, 6.07) is 6.05. The van der Waals surface area contributed by atoms with Gasteiger partial charge in [-0.3, -0.25) is 4.98 Å². The molecular weight excluding hydrogens is 158 g/mol. The van der Waals surface area contributed by atoms with E-state index < -0.39 is 0 Å². The van der Waals surface area contributed by atoms with E-state index in [4.69, 9.17) is 0 Å². The Morgan fingerprint density at radius 3 is 2.85 bits per heavy atom. The molecule has 0 aliphatic heterocycles. The van der Waals surface area contributed by atoms with Gasteiger partial charge in [0.25, 0.3) is 0 Å². The lowest BCUT2D eigenvalue weighted by Crippen LogP contribution is -1.86. The van der Waals surface area contributed by atoms with Crippen molar-refractivity contribution in [2.24, 2.45) is 0 Å². The SMILES string of the molecule is CCC1=CC=C(c2ccccn2)C1. The summed E-state index contributed by atoms with van der Waals surface area (Å²) in [6.07, 6.45) is 8.46. The number of hydrogen-bond donors (Lipinski definition) is 0. The normalized spacial score (nSPS) is 15.5. The van der Waals surface area contributed by atoms with Crippen molar-refractivity contribution in [3.63, 3.8) is 0 Å². The molecular formula is C12H13N. The first kappa shape index (κ1) is 8.24. The molecule has 0 fully saturated rings. The number of allylic oxidation sites excluding steroid dienone is 4. The highest BCUT2D eigenvalue weighted by molar-refractivity contribution is 5.69. The largest absolute Gasteiger partial charge is 0.257 e. The molecule has 0 radical (unpaired) electrons. The Morgan fingerprint density at radius 2 is 2.23 bits per heavy atom. The molecule has 1 aliphatic carbocycles. The third kappa shape index (κ3) is 1.69. The van der Waals surface area contributed by atoms with Gasteiger partial charge in [0.2, 0.25) is 0 Å². The Morgan fingerprint density at radius 1 is 1.31 bits per heavy atom. The Balaban J connectivity index is 2.16. The van der Waals surface area contributed by atoms with Gasteiger partial charge in [-0.25, -0.2) is 0 Å². The minimum absolute atomic E-state index is 1.08. The second-order valence-electron chi connectivity index (χ2n) is 3.26. The van der Waals surface area contributed by atoms with Crippen LogP contribution in [0.15, 0.2) is 42.1 Å². The molecule has 0 N–H and O–H groups in total. The molecule has 0 unspecified atom stereocenters. The van der Waals surface area contributed by atoms with Crippen molar-refractivity contribution < 1.29 is 0 Å². The molecule has 0 bridgehead atoms.